The Balaban J connectivity index is 3.01. The third-order valence-electron chi connectivity index (χ3n) is 3.75. The molecule has 8 heteroatoms. The molecule has 0 heterocycles. The molecule has 1 unspecified atom stereocenters. The van der Waals surface area contributed by atoms with Crippen molar-refractivity contribution in [2.45, 2.75) is 61.8 Å². The Kier molecular flexibility index (Phi) is 7.66. The summed E-state index contributed by atoms with van der Waals surface area (Å²) < 4.78 is 48.0. The molecule has 0 saturated heterocycles. The number of sulfone groups is 1. The number of nitrogens with one attached hydrogen (secondary N) is 1. The molecule has 0 spiro atoms. The van der Waals surface area contributed by atoms with E-state index in [-0.39, 0.29) is 11.3 Å². The van der Waals surface area contributed by atoms with Crippen molar-refractivity contribution in [3.8, 4) is 0 Å². The number of sulfonamides is 1. The third kappa shape index (κ3) is 5.56. The number of hydrogen-bond donors (Lipinski definition) is 2. The van der Waals surface area contributed by atoms with Crippen molar-refractivity contribution in [2.75, 3.05) is 0 Å². The number of rotatable bonds is 10. The summed E-state index contributed by atoms with van der Waals surface area (Å²) in [5.41, 5.74) is 0.903. The Hall–Kier alpha value is -0.960. The van der Waals surface area contributed by atoms with Crippen LogP contribution in [0.15, 0.2) is 29.2 Å². The highest BCUT2D eigenvalue weighted by Crippen LogP contribution is 2.24. The van der Waals surface area contributed by atoms with E-state index in [1.54, 1.807) is 17.0 Å². The maximum Gasteiger partial charge on any atom is 0.241 e. The summed E-state index contributed by atoms with van der Waals surface area (Å²) in [4.78, 5) is 1.67. The van der Waals surface area contributed by atoms with Crippen LogP contribution in [0.2, 0.25) is 0 Å². The zero-order valence-corrected chi connectivity index (χ0v) is 15.3. The van der Waals surface area contributed by atoms with Crippen LogP contribution in [0, 0.1) is 6.92 Å². The predicted octanol–water partition coefficient (Wildman–Crippen LogP) is 2.25. The summed E-state index contributed by atoms with van der Waals surface area (Å²) in [7, 11) is -8.14. The molecule has 6 nitrogen and oxygen atoms in total. The molecule has 132 valence electrons. The number of unbranched alkanes of at least 4 members (excludes halogenated alkanes) is 4. The van der Waals surface area contributed by atoms with Crippen LogP contribution in [-0.4, -0.2) is 21.4 Å². The van der Waals surface area contributed by atoms with Gasteiger partial charge in [-0.3, -0.25) is 5.84 Å². The van der Waals surface area contributed by atoms with E-state index < -0.39 is 24.4 Å². The molecule has 0 aliphatic rings. The van der Waals surface area contributed by atoms with Gasteiger partial charge in [-0.2, -0.15) is 4.83 Å². The molecule has 0 saturated carbocycles. The van der Waals surface area contributed by atoms with Gasteiger partial charge in [-0.15, -0.1) is 0 Å². The van der Waals surface area contributed by atoms with E-state index in [1.165, 1.54) is 12.1 Å². The molecule has 1 rings (SSSR count). The van der Waals surface area contributed by atoms with Gasteiger partial charge in [0.25, 0.3) is 0 Å². The first-order valence-corrected chi connectivity index (χ1v) is 10.9. The summed E-state index contributed by atoms with van der Waals surface area (Å²) in [5.74, 6) is 5.06. The minimum absolute atomic E-state index is 0.000447. The minimum Gasteiger partial charge on any atom is -0.258 e. The van der Waals surface area contributed by atoms with Crippen LogP contribution in [0.4, 0.5) is 0 Å². The summed E-state index contributed by atoms with van der Waals surface area (Å²) in [6.07, 6.45) is 4.44. The lowest BCUT2D eigenvalue weighted by molar-refractivity contribution is 0.549. The zero-order chi connectivity index (χ0) is 17.5. The Labute approximate surface area is 139 Å². The number of hydrogen-bond acceptors (Lipinski definition) is 5. The van der Waals surface area contributed by atoms with Crippen LogP contribution in [-0.2, 0) is 19.9 Å². The highest BCUT2D eigenvalue weighted by molar-refractivity contribution is 8.08. The van der Waals surface area contributed by atoms with Crippen LogP contribution < -0.4 is 10.7 Å². The van der Waals surface area contributed by atoms with Gasteiger partial charge in [0.1, 0.15) is 0 Å². The van der Waals surface area contributed by atoms with Gasteiger partial charge in [-0.25, -0.2) is 16.8 Å². The van der Waals surface area contributed by atoms with E-state index in [4.69, 9.17) is 5.84 Å². The van der Waals surface area contributed by atoms with Crippen LogP contribution in [0.1, 0.15) is 51.0 Å². The van der Waals surface area contributed by atoms with Gasteiger partial charge < -0.3 is 0 Å². The standard InChI is InChI=1S/C15H26N2O4S2/c1-3-4-5-6-7-8-15(23(20,21)17-16)22(18,19)14-11-9-13(2)10-12-14/h9-12,15,17H,3-8,16H2,1-2H3. The highest BCUT2D eigenvalue weighted by atomic mass is 32.3. The average Bonchev–Trinajstić information content (AvgIpc) is 2.50. The zero-order valence-electron chi connectivity index (χ0n) is 13.7. The fraction of sp³-hybridized carbons (Fsp3) is 0.600. The lowest BCUT2D eigenvalue weighted by Crippen LogP contribution is -2.42. The van der Waals surface area contributed by atoms with Crippen molar-refractivity contribution in [3.05, 3.63) is 29.8 Å². The third-order valence-corrected chi connectivity index (χ3v) is 8.38. The van der Waals surface area contributed by atoms with Gasteiger partial charge in [-0.05, 0) is 25.5 Å². The molecule has 3 N–H and O–H groups in total. The fourth-order valence-corrected chi connectivity index (χ4v) is 6.11. The van der Waals surface area contributed by atoms with Gasteiger partial charge in [0.2, 0.25) is 10.0 Å². The lowest BCUT2D eigenvalue weighted by atomic mass is 10.1. The lowest BCUT2D eigenvalue weighted by Gasteiger charge is -2.17. The van der Waals surface area contributed by atoms with E-state index >= 15 is 0 Å². The summed E-state index contributed by atoms with van der Waals surface area (Å²) in [5, 5.41) is 0. The number of aryl methyl sites for hydroxylation is 1. The summed E-state index contributed by atoms with van der Waals surface area (Å²) in [6, 6.07) is 6.16. The van der Waals surface area contributed by atoms with Crippen LogP contribution in [0.3, 0.4) is 0 Å². The van der Waals surface area contributed by atoms with Crippen molar-refractivity contribution in [1.82, 2.24) is 4.83 Å². The first kappa shape index (κ1) is 20.1. The van der Waals surface area contributed by atoms with Gasteiger partial charge in [-0.1, -0.05) is 56.7 Å². The van der Waals surface area contributed by atoms with E-state index in [1.807, 2.05) is 6.92 Å². The second-order valence-corrected chi connectivity index (χ2v) is 9.98. The molecule has 23 heavy (non-hydrogen) atoms. The van der Waals surface area contributed by atoms with Gasteiger partial charge >= 0.3 is 0 Å². The Bertz CT molecular complexity index is 683. The van der Waals surface area contributed by atoms with Crippen LogP contribution in [0.25, 0.3) is 0 Å². The first-order chi connectivity index (χ1) is 10.8. The van der Waals surface area contributed by atoms with Gasteiger partial charge in [0.05, 0.1) is 4.90 Å². The molecule has 0 aliphatic carbocycles. The number of hydrazine groups is 1. The number of nitrogens with two attached hydrogens (primary N) is 1. The van der Waals surface area contributed by atoms with E-state index in [0.29, 0.717) is 6.42 Å². The van der Waals surface area contributed by atoms with Crippen LogP contribution >= 0.6 is 0 Å². The van der Waals surface area contributed by atoms with E-state index in [0.717, 1.165) is 31.2 Å². The highest BCUT2D eigenvalue weighted by Gasteiger charge is 2.37. The maximum atomic E-state index is 12.7. The number of benzene rings is 1. The molecular weight excluding hydrogens is 336 g/mol. The molecule has 1 aromatic rings. The molecule has 0 radical (unpaired) electrons. The molecule has 1 aromatic carbocycles. The largest absolute Gasteiger partial charge is 0.258 e. The SMILES string of the molecule is CCCCCCCC(S(=O)(=O)NN)S(=O)(=O)c1ccc(C)cc1. The van der Waals surface area contributed by atoms with E-state index in [9.17, 15) is 16.8 Å². The summed E-state index contributed by atoms with van der Waals surface area (Å²) >= 11 is 0. The molecule has 0 aliphatic heterocycles. The van der Waals surface area contributed by atoms with Crippen molar-refractivity contribution in [1.29, 1.82) is 0 Å². The van der Waals surface area contributed by atoms with Crippen molar-refractivity contribution in [3.63, 3.8) is 0 Å². The monoisotopic (exact) mass is 362 g/mol. The molecule has 0 aromatic heterocycles. The fourth-order valence-electron chi connectivity index (χ4n) is 2.35. The summed E-state index contributed by atoms with van der Waals surface area (Å²) in [6.45, 7) is 3.91. The molecule has 0 bridgehead atoms. The first-order valence-electron chi connectivity index (χ1n) is 7.77. The van der Waals surface area contributed by atoms with Gasteiger partial charge in [0, 0.05) is 0 Å². The average molecular weight is 363 g/mol. The second kappa shape index (κ2) is 8.77. The topological polar surface area (TPSA) is 106 Å². The van der Waals surface area contributed by atoms with Crippen molar-refractivity contribution in [2.24, 2.45) is 5.84 Å². The quantitative estimate of drug-likeness (QED) is 0.377. The maximum absolute atomic E-state index is 12.7. The normalized spacial score (nSPS) is 13.9. The molecule has 0 amide bonds. The van der Waals surface area contributed by atoms with E-state index in [2.05, 4.69) is 6.92 Å². The molecular formula is C15H26N2O4S2. The molecule has 0 fully saturated rings. The second-order valence-electron chi connectivity index (χ2n) is 5.65. The molecule has 1 atom stereocenters. The Morgan fingerprint density at radius 2 is 1.57 bits per heavy atom. The van der Waals surface area contributed by atoms with Crippen molar-refractivity contribution < 1.29 is 16.8 Å². The predicted molar refractivity (Wildman–Crippen MR) is 91.8 cm³/mol. The smallest absolute Gasteiger partial charge is 0.241 e. The Morgan fingerprint density at radius 1 is 1.00 bits per heavy atom. The van der Waals surface area contributed by atoms with Gasteiger partial charge in [0.15, 0.2) is 14.4 Å². The Morgan fingerprint density at radius 3 is 2.09 bits per heavy atom. The van der Waals surface area contributed by atoms with Crippen molar-refractivity contribution >= 4 is 19.9 Å². The van der Waals surface area contributed by atoms with Crippen LogP contribution in [0.5, 0.6) is 0 Å². The minimum atomic E-state index is -4.13.